The molecule has 10 heteroatoms. The number of tetrazole rings is 1. The van der Waals surface area contributed by atoms with Gasteiger partial charge < -0.3 is 9.52 Å². The normalized spacial score (nSPS) is 11.5. The van der Waals surface area contributed by atoms with Gasteiger partial charge in [-0.15, -0.1) is 5.10 Å². The van der Waals surface area contributed by atoms with Crippen LogP contribution in [0.4, 0.5) is 0 Å². The second-order valence-corrected chi connectivity index (χ2v) is 6.37. The fourth-order valence-corrected chi connectivity index (χ4v) is 3.11. The molecule has 0 aliphatic heterocycles. The van der Waals surface area contributed by atoms with Crippen LogP contribution in [0.15, 0.2) is 56.9 Å². The monoisotopic (exact) mass is 334 g/mol. The molecule has 0 saturated carbocycles. The summed E-state index contributed by atoms with van der Waals surface area (Å²) in [5.41, 5.74) is 0. The molecule has 118 valence electrons. The zero-order valence-electron chi connectivity index (χ0n) is 11.5. The Kier molecular flexibility index (Phi) is 3.66. The first kappa shape index (κ1) is 14.9. The summed E-state index contributed by atoms with van der Waals surface area (Å²) in [6.07, 6.45) is 0. The summed E-state index contributed by atoms with van der Waals surface area (Å²) in [5, 5.41) is 19.1. The van der Waals surface area contributed by atoms with Crippen LogP contribution in [0, 0.1) is 0 Å². The van der Waals surface area contributed by atoms with Gasteiger partial charge in [0.05, 0.1) is 4.90 Å². The highest BCUT2D eigenvalue weighted by atomic mass is 32.2. The quantitative estimate of drug-likeness (QED) is 0.727. The lowest BCUT2D eigenvalue weighted by Gasteiger charge is -2.01. The maximum Gasteiger partial charge on any atom is 0.325 e. The Bertz CT molecular complexity index is 946. The average molecular weight is 334 g/mol. The van der Waals surface area contributed by atoms with Gasteiger partial charge in [-0.05, 0) is 34.7 Å². The van der Waals surface area contributed by atoms with Crippen molar-refractivity contribution in [1.29, 1.82) is 0 Å². The van der Waals surface area contributed by atoms with Gasteiger partial charge in [0, 0.05) is 0 Å². The van der Waals surface area contributed by atoms with Gasteiger partial charge in [0.25, 0.3) is 0 Å². The Morgan fingerprint density at radius 2 is 1.91 bits per heavy atom. The molecule has 0 amide bonds. The molecule has 0 atom stereocenters. The first-order valence-electron chi connectivity index (χ1n) is 6.37. The molecule has 23 heavy (non-hydrogen) atoms. The zero-order chi connectivity index (χ0) is 16.4. The molecule has 9 nitrogen and oxygen atoms in total. The standard InChI is InChI=1S/C13H10N4O5S/c18-11(19)8-17-13(14-15-16-17)10-6-7-12(22-10)23(20,21)9-4-2-1-3-5-9/h1-7H,8H2,(H,18,19). The summed E-state index contributed by atoms with van der Waals surface area (Å²) >= 11 is 0. The number of carbonyl (C=O) groups is 1. The molecule has 0 radical (unpaired) electrons. The van der Waals surface area contributed by atoms with Gasteiger partial charge in [0.1, 0.15) is 6.54 Å². The zero-order valence-corrected chi connectivity index (χ0v) is 12.3. The molecule has 0 spiro atoms. The number of benzene rings is 1. The van der Waals surface area contributed by atoms with E-state index in [-0.39, 0.29) is 21.6 Å². The average Bonchev–Trinajstić information content (AvgIpc) is 3.16. The lowest BCUT2D eigenvalue weighted by atomic mass is 10.4. The van der Waals surface area contributed by atoms with E-state index in [4.69, 9.17) is 9.52 Å². The fourth-order valence-electron chi connectivity index (χ4n) is 1.92. The third-order valence-corrected chi connectivity index (χ3v) is 4.58. The maximum absolute atomic E-state index is 12.4. The highest BCUT2D eigenvalue weighted by molar-refractivity contribution is 7.91. The number of hydrogen-bond acceptors (Lipinski definition) is 7. The predicted octanol–water partition coefficient (Wildman–Crippen LogP) is 0.851. The van der Waals surface area contributed by atoms with Gasteiger partial charge in [0.2, 0.25) is 20.8 Å². The molecular formula is C13H10N4O5S. The molecule has 0 aliphatic rings. The summed E-state index contributed by atoms with van der Waals surface area (Å²) in [6.45, 7) is -0.468. The lowest BCUT2D eigenvalue weighted by molar-refractivity contribution is -0.137. The number of furan rings is 1. The number of aliphatic carboxylic acids is 1. The topological polar surface area (TPSA) is 128 Å². The van der Waals surface area contributed by atoms with Crippen LogP contribution in [-0.4, -0.2) is 39.7 Å². The molecule has 0 fully saturated rings. The van der Waals surface area contributed by atoms with E-state index in [0.29, 0.717) is 0 Å². The van der Waals surface area contributed by atoms with Crippen molar-refractivity contribution >= 4 is 15.8 Å². The summed E-state index contributed by atoms with van der Waals surface area (Å²) in [5.74, 6) is -1.05. The molecule has 3 rings (SSSR count). The van der Waals surface area contributed by atoms with Crippen LogP contribution >= 0.6 is 0 Å². The Morgan fingerprint density at radius 3 is 2.61 bits per heavy atom. The first-order chi connectivity index (χ1) is 11.0. The van der Waals surface area contributed by atoms with E-state index < -0.39 is 22.4 Å². The number of sulfone groups is 1. The molecule has 1 aromatic carbocycles. The summed E-state index contributed by atoms with van der Waals surface area (Å²) in [4.78, 5) is 10.8. The second-order valence-electron chi connectivity index (χ2n) is 4.49. The Labute approximate surface area is 130 Å². The van der Waals surface area contributed by atoms with Gasteiger partial charge in [-0.1, -0.05) is 18.2 Å². The molecule has 0 bridgehead atoms. The molecule has 2 aromatic heterocycles. The molecule has 0 unspecified atom stereocenters. The van der Waals surface area contributed by atoms with Gasteiger partial charge in [0.15, 0.2) is 5.76 Å². The molecule has 2 heterocycles. The van der Waals surface area contributed by atoms with Crippen molar-refractivity contribution in [2.45, 2.75) is 16.5 Å². The van der Waals surface area contributed by atoms with E-state index in [1.165, 1.54) is 24.3 Å². The molecule has 0 saturated heterocycles. The molecule has 1 N–H and O–H groups in total. The molecule has 0 aliphatic carbocycles. The smallest absolute Gasteiger partial charge is 0.325 e. The van der Waals surface area contributed by atoms with Gasteiger partial charge >= 0.3 is 5.97 Å². The first-order valence-corrected chi connectivity index (χ1v) is 7.85. The summed E-state index contributed by atoms with van der Waals surface area (Å²) in [7, 11) is -3.81. The van der Waals surface area contributed by atoms with Crippen molar-refractivity contribution in [3.8, 4) is 11.6 Å². The number of nitrogens with zero attached hydrogens (tertiary/aromatic N) is 4. The third-order valence-electron chi connectivity index (χ3n) is 2.94. The molecular weight excluding hydrogens is 324 g/mol. The minimum absolute atomic E-state index is 0.0295. The van der Waals surface area contributed by atoms with Crippen LogP contribution in [0.2, 0.25) is 0 Å². The highest BCUT2D eigenvalue weighted by Crippen LogP contribution is 2.26. The van der Waals surface area contributed by atoms with Crippen molar-refractivity contribution in [3.63, 3.8) is 0 Å². The van der Waals surface area contributed by atoms with Crippen molar-refractivity contribution < 1.29 is 22.7 Å². The number of rotatable bonds is 5. The second kappa shape index (κ2) is 5.65. The van der Waals surface area contributed by atoms with E-state index in [1.54, 1.807) is 18.2 Å². The van der Waals surface area contributed by atoms with Crippen LogP contribution in [0.1, 0.15) is 0 Å². The Hall–Kier alpha value is -3.01. The SMILES string of the molecule is O=C(O)Cn1nnnc1-c1ccc(S(=O)(=O)c2ccccc2)o1. The van der Waals surface area contributed by atoms with E-state index in [9.17, 15) is 13.2 Å². The number of carboxylic acid groups (broad SMARTS) is 1. The van der Waals surface area contributed by atoms with Crippen molar-refractivity contribution in [1.82, 2.24) is 20.2 Å². The van der Waals surface area contributed by atoms with Crippen molar-refractivity contribution in [2.75, 3.05) is 0 Å². The van der Waals surface area contributed by atoms with E-state index in [0.717, 1.165) is 4.68 Å². The largest absolute Gasteiger partial charge is 0.480 e. The van der Waals surface area contributed by atoms with Crippen molar-refractivity contribution in [3.05, 3.63) is 42.5 Å². The number of hydrogen-bond donors (Lipinski definition) is 1. The van der Waals surface area contributed by atoms with Crippen LogP contribution < -0.4 is 0 Å². The van der Waals surface area contributed by atoms with E-state index >= 15 is 0 Å². The van der Waals surface area contributed by atoms with Crippen LogP contribution in [0.25, 0.3) is 11.6 Å². The number of aromatic nitrogens is 4. The fraction of sp³-hybridized carbons (Fsp3) is 0.0769. The number of carboxylic acids is 1. The van der Waals surface area contributed by atoms with Crippen LogP contribution in [0.3, 0.4) is 0 Å². The predicted molar refractivity (Wildman–Crippen MR) is 75.0 cm³/mol. The maximum atomic E-state index is 12.4. The highest BCUT2D eigenvalue weighted by Gasteiger charge is 2.23. The Balaban J connectivity index is 1.99. The molecule has 3 aromatic rings. The minimum Gasteiger partial charge on any atom is -0.480 e. The van der Waals surface area contributed by atoms with Crippen LogP contribution in [0.5, 0.6) is 0 Å². The van der Waals surface area contributed by atoms with E-state index in [2.05, 4.69) is 15.5 Å². The van der Waals surface area contributed by atoms with Gasteiger partial charge in [-0.25, -0.2) is 13.1 Å². The Morgan fingerprint density at radius 1 is 1.17 bits per heavy atom. The summed E-state index contributed by atoms with van der Waals surface area (Å²) in [6, 6.07) is 10.5. The third kappa shape index (κ3) is 2.83. The van der Waals surface area contributed by atoms with Gasteiger partial charge in [-0.3, -0.25) is 4.79 Å². The lowest BCUT2D eigenvalue weighted by Crippen LogP contribution is -2.11. The van der Waals surface area contributed by atoms with Gasteiger partial charge in [-0.2, -0.15) is 0 Å². The van der Waals surface area contributed by atoms with Crippen molar-refractivity contribution in [2.24, 2.45) is 0 Å². The minimum atomic E-state index is -3.81. The summed E-state index contributed by atoms with van der Waals surface area (Å²) < 4.78 is 31.2. The van der Waals surface area contributed by atoms with Crippen LogP contribution in [-0.2, 0) is 21.2 Å². The van der Waals surface area contributed by atoms with E-state index in [1.807, 2.05) is 0 Å².